The molecule has 0 aliphatic rings. The van der Waals surface area contributed by atoms with Gasteiger partial charge in [-0.3, -0.25) is 4.79 Å². The number of amides is 1. The summed E-state index contributed by atoms with van der Waals surface area (Å²) in [7, 11) is 0. The van der Waals surface area contributed by atoms with Gasteiger partial charge >= 0.3 is 0 Å². The molecule has 4 aromatic rings. The molecule has 8 nitrogen and oxygen atoms in total. The second kappa shape index (κ2) is 8.25. The number of imidazole rings is 1. The number of carbonyl (C=O) groups excluding carboxylic acids is 1. The molecule has 0 saturated carbocycles. The molecule has 3 N–H and O–H groups in total. The average molecular weight is 441 g/mol. The van der Waals surface area contributed by atoms with Crippen molar-refractivity contribution in [1.29, 1.82) is 0 Å². The number of nitrogen functional groups attached to an aromatic ring is 1. The number of nitrogens with two attached hydrogens (primary N) is 1. The lowest BCUT2D eigenvalue weighted by Gasteiger charge is -2.08. The van der Waals surface area contributed by atoms with Crippen molar-refractivity contribution in [3.8, 4) is 11.5 Å². The van der Waals surface area contributed by atoms with E-state index in [0.29, 0.717) is 5.52 Å². The number of aromatic nitrogens is 5. The summed E-state index contributed by atoms with van der Waals surface area (Å²) < 4.78 is 43.4. The van der Waals surface area contributed by atoms with Crippen LogP contribution in [0.2, 0.25) is 0 Å². The van der Waals surface area contributed by atoms with Crippen molar-refractivity contribution in [3.05, 3.63) is 65.4 Å². The van der Waals surface area contributed by atoms with Crippen molar-refractivity contribution in [2.24, 2.45) is 5.92 Å². The summed E-state index contributed by atoms with van der Waals surface area (Å²) in [5.74, 6) is -3.42. The van der Waals surface area contributed by atoms with Crippen LogP contribution in [0.5, 0.6) is 0 Å². The van der Waals surface area contributed by atoms with Crippen LogP contribution in [-0.4, -0.2) is 30.5 Å². The Kier molecular flexibility index (Phi) is 5.47. The predicted octanol–water partition coefficient (Wildman–Crippen LogP) is 3.37. The molecule has 11 heteroatoms. The van der Waals surface area contributed by atoms with Gasteiger partial charge in [-0.25, -0.2) is 32.6 Å². The van der Waals surface area contributed by atoms with Gasteiger partial charge in [0.05, 0.1) is 5.52 Å². The smallest absolute Gasteiger partial charge is 0.228 e. The van der Waals surface area contributed by atoms with Gasteiger partial charge in [0.15, 0.2) is 17.5 Å². The third-order valence-corrected chi connectivity index (χ3v) is 4.69. The molecule has 164 valence electrons. The Morgan fingerprint density at radius 2 is 1.88 bits per heavy atom. The second-order valence-corrected chi connectivity index (χ2v) is 7.34. The molecule has 0 fully saturated rings. The number of hydrogen-bond acceptors (Lipinski definition) is 6. The van der Waals surface area contributed by atoms with Crippen molar-refractivity contribution in [2.75, 3.05) is 11.1 Å². The molecule has 3 heterocycles. The maximum absolute atomic E-state index is 14.2. The number of anilines is 2. The zero-order chi connectivity index (χ0) is 23.0. The average Bonchev–Trinajstić information content (AvgIpc) is 3.12. The first-order chi connectivity index (χ1) is 15.2. The van der Waals surface area contributed by atoms with E-state index >= 15 is 0 Å². The molecule has 1 aromatic carbocycles. The number of nitrogens with zero attached hydrogens (tertiary/aromatic N) is 5. The SMILES string of the molecule is CC(C)C(=O)Nc1cc(N)nc(-c2nc(Cc3c(F)ccc(F)c3F)n3ncccc23)n1. The van der Waals surface area contributed by atoms with E-state index in [4.69, 9.17) is 5.73 Å². The molecule has 0 radical (unpaired) electrons. The summed E-state index contributed by atoms with van der Waals surface area (Å²) >= 11 is 0. The molecular weight excluding hydrogens is 423 g/mol. The van der Waals surface area contributed by atoms with Crippen LogP contribution in [0.25, 0.3) is 17.0 Å². The van der Waals surface area contributed by atoms with Gasteiger partial charge in [0, 0.05) is 30.2 Å². The zero-order valence-electron chi connectivity index (χ0n) is 17.1. The summed E-state index contributed by atoms with van der Waals surface area (Å²) in [6.07, 6.45) is 1.10. The molecule has 0 unspecified atom stereocenters. The highest BCUT2D eigenvalue weighted by Gasteiger charge is 2.21. The predicted molar refractivity (Wildman–Crippen MR) is 111 cm³/mol. The minimum atomic E-state index is -1.29. The fourth-order valence-corrected chi connectivity index (χ4v) is 3.07. The van der Waals surface area contributed by atoms with Crippen LogP contribution in [0.1, 0.15) is 25.2 Å². The van der Waals surface area contributed by atoms with Crippen LogP contribution >= 0.6 is 0 Å². The Balaban J connectivity index is 1.82. The van der Waals surface area contributed by atoms with E-state index in [1.54, 1.807) is 26.0 Å². The fourth-order valence-electron chi connectivity index (χ4n) is 3.07. The minimum Gasteiger partial charge on any atom is -0.384 e. The Morgan fingerprint density at radius 1 is 1.12 bits per heavy atom. The first kappa shape index (κ1) is 21.2. The van der Waals surface area contributed by atoms with Crippen LogP contribution < -0.4 is 11.1 Å². The van der Waals surface area contributed by atoms with E-state index in [-0.39, 0.29) is 47.2 Å². The van der Waals surface area contributed by atoms with Crippen LogP contribution in [0, 0.1) is 23.4 Å². The number of nitrogens with one attached hydrogen (secondary N) is 1. The Morgan fingerprint density at radius 3 is 2.62 bits per heavy atom. The first-order valence-corrected chi connectivity index (χ1v) is 9.65. The van der Waals surface area contributed by atoms with Gasteiger partial charge in [0.25, 0.3) is 0 Å². The highest BCUT2D eigenvalue weighted by Crippen LogP contribution is 2.26. The number of hydrogen-bond donors (Lipinski definition) is 2. The molecule has 1 amide bonds. The summed E-state index contributed by atoms with van der Waals surface area (Å²) in [4.78, 5) is 24.9. The Bertz CT molecular complexity index is 1340. The lowest BCUT2D eigenvalue weighted by Crippen LogP contribution is -2.19. The van der Waals surface area contributed by atoms with Crippen molar-refractivity contribution < 1.29 is 18.0 Å². The van der Waals surface area contributed by atoms with Gasteiger partial charge in [-0.1, -0.05) is 13.8 Å². The fraction of sp³-hybridized carbons (Fsp3) is 0.190. The highest BCUT2D eigenvalue weighted by atomic mass is 19.2. The summed E-state index contributed by atoms with van der Waals surface area (Å²) in [6.45, 7) is 3.46. The molecule has 0 spiro atoms. The summed E-state index contributed by atoms with van der Waals surface area (Å²) in [5, 5.41) is 6.83. The number of halogens is 3. The van der Waals surface area contributed by atoms with Crippen molar-refractivity contribution in [1.82, 2.24) is 24.6 Å². The van der Waals surface area contributed by atoms with E-state index in [1.807, 2.05) is 0 Å². The van der Waals surface area contributed by atoms with Crippen LogP contribution in [-0.2, 0) is 11.2 Å². The third-order valence-electron chi connectivity index (χ3n) is 4.69. The van der Waals surface area contributed by atoms with E-state index in [0.717, 1.165) is 12.1 Å². The van der Waals surface area contributed by atoms with Crippen molar-refractivity contribution in [2.45, 2.75) is 20.3 Å². The van der Waals surface area contributed by atoms with E-state index in [2.05, 4.69) is 25.4 Å². The van der Waals surface area contributed by atoms with Crippen LogP contribution in [0.3, 0.4) is 0 Å². The van der Waals surface area contributed by atoms with E-state index in [1.165, 1.54) is 16.8 Å². The minimum absolute atomic E-state index is 0.0843. The molecule has 0 atom stereocenters. The van der Waals surface area contributed by atoms with Gasteiger partial charge in [-0.15, -0.1) is 0 Å². The zero-order valence-corrected chi connectivity index (χ0v) is 17.1. The molecular formula is C21H18F3N7O. The standard InChI is InChI=1S/C21H18F3N7O/c1-10(2)21(32)29-16-9-15(25)27-20(28-16)19-14-4-3-7-26-31(14)17(30-19)8-11-12(22)5-6-13(23)18(11)24/h3-7,9-10H,8H2,1-2H3,(H3,25,27,28,29,32). The highest BCUT2D eigenvalue weighted by molar-refractivity contribution is 5.91. The van der Waals surface area contributed by atoms with Gasteiger partial charge in [0.2, 0.25) is 5.91 Å². The first-order valence-electron chi connectivity index (χ1n) is 9.65. The Labute approximate surface area is 180 Å². The molecule has 0 bridgehead atoms. The number of rotatable bonds is 5. The molecule has 0 aliphatic carbocycles. The Hall–Kier alpha value is -4.02. The van der Waals surface area contributed by atoms with Gasteiger partial charge < -0.3 is 11.1 Å². The summed E-state index contributed by atoms with van der Waals surface area (Å²) in [6, 6.07) is 6.27. The van der Waals surface area contributed by atoms with E-state index in [9.17, 15) is 18.0 Å². The number of fused-ring (bicyclic) bond motifs is 1. The summed E-state index contributed by atoms with van der Waals surface area (Å²) in [5.41, 5.74) is 6.08. The molecule has 0 aliphatic heterocycles. The molecule has 32 heavy (non-hydrogen) atoms. The van der Waals surface area contributed by atoms with Gasteiger partial charge in [-0.05, 0) is 24.3 Å². The van der Waals surface area contributed by atoms with Crippen molar-refractivity contribution in [3.63, 3.8) is 0 Å². The van der Waals surface area contributed by atoms with Gasteiger partial charge in [0.1, 0.15) is 29.0 Å². The van der Waals surface area contributed by atoms with Gasteiger partial charge in [-0.2, -0.15) is 5.10 Å². The topological polar surface area (TPSA) is 111 Å². The molecule has 0 saturated heterocycles. The third kappa shape index (κ3) is 3.96. The monoisotopic (exact) mass is 441 g/mol. The molecule has 4 rings (SSSR count). The van der Waals surface area contributed by atoms with Crippen molar-refractivity contribution >= 4 is 23.1 Å². The second-order valence-electron chi connectivity index (χ2n) is 7.34. The van der Waals surface area contributed by atoms with Crippen LogP contribution in [0.4, 0.5) is 24.8 Å². The largest absolute Gasteiger partial charge is 0.384 e. The molecule has 3 aromatic heterocycles. The normalized spacial score (nSPS) is 11.3. The quantitative estimate of drug-likeness (QED) is 0.460. The maximum Gasteiger partial charge on any atom is 0.228 e. The van der Waals surface area contributed by atoms with E-state index < -0.39 is 23.0 Å². The maximum atomic E-state index is 14.2. The van der Waals surface area contributed by atoms with Crippen LogP contribution in [0.15, 0.2) is 36.5 Å². The lowest BCUT2D eigenvalue weighted by atomic mass is 10.1. The number of carbonyl (C=O) groups is 1. The lowest BCUT2D eigenvalue weighted by molar-refractivity contribution is -0.118. The number of benzene rings is 1.